The summed E-state index contributed by atoms with van der Waals surface area (Å²) in [6.45, 7) is 8.95. The molecule has 3 saturated carbocycles. The third-order valence-corrected chi connectivity index (χ3v) is 8.28. The Morgan fingerprint density at radius 2 is 1.62 bits per heavy atom. The molecular weight excluding hydrogens is 456 g/mol. The highest BCUT2D eigenvalue weighted by Gasteiger charge is 2.62. The summed E-state index contributed by atoms with van der Waals surface area (Å²) in [5.41, 5.74) is -0.285. The molecule has 0 spiro atoms. The molecule has 0 heterocycles. The standard InChI is InChI=1S/C25H34N2O6S/c1-24(2,3)33-23(30)27-34(31,32)17-12-10-14(11-13-17)18-19(25(18,4)5)22(29)26-20(15-6-7-15)21(28)16-8-9-16/h10-13,15-16,18-20H,6-9H2,1-5H3,(H,26,29)(H,27,30)/t18-,19+,20?/m1/s1. The summed E-state index contributed by atoms with van der Waals surface area (Å²) in [6.07, 6.45) is 2.77. The van der Waals surface area contributed by atoms with E-state index in [2.05, 4.69) is 5.32 Å². The summed E-state index contributed by atoms with van der Waals surface area (Å²) in [5.74, 6) is 0.0705. The number of carbonyl (C=O) groups is 3. The molecular formula is C25H34N2O6S. The molecule has 2 amide bonds. The Kier molecular flexibility index (Phi) is 6.07. The lowest BCUT2D eigenvalue weighted by molar-refractivity contribution is -0.130. The minimum Gasteiger partial charge on any atom is -0.443 e. The lowest BCUT2D eigenvalue weighted by Gasteiger charge is -2.19. The Hall–Kier alpha value is -2.42. The Balaban J connectivity index is 1.42. The van der Waals surface area contributed by atoms with Crippen LogP contribution in [0.25, 0.3) is 0 Å². The van der Waals surface area contributed by atoms with Gasteiger partial charge in [-0.2, -0.15) is 0 Å². The van der Waals surface area contributed by atoms with Crippen molar-refractivity contribution in [2.75, 3.05) is 0 Å². The van der Waals surface area contributed by atoms with E-state index >= 15 is 0 Å². The number of Topliss-reactive ketones (excluding diaryl/α,β-unsaturated/α-hetero) is 1. The van der Waals surface area contributed by atoms with E-state index in [1.54, 1.807) is 32.9 Å². The van der Waals surface area contributed by atoms with Crippen molar-refractivity contribution in [1.29, 1.82) is 0 Å². The van der Waals surface area contributed by atoms with E-state index in [0.717, 1.165) is 31.2 Å². The van der Waals surface area contributed by atoms with Crippen LogP contribution >= 0.6 is 0 Å². The van der Waals surface area contributed by atoms with Crippen LogP contribution in [0.3, 0.4) is 0 Å². The molecule has 0 aromatic heterocycles. The topological polar surface area (TPSA) is 119 Å². The van der Waals surface area contributed by atoms with Crippen molar-refractivity contribution < 1.29 is 27.5 Å². The summed E-state index contributed by atoms with van der Waals surface area (Å²) >= 11 is 0. The van der Waals surface area contributed by atoms with Crippen molar-refractivity contribution in [2.24, 2.45) is 23.2 Å². The van der Waals surface area contributed by atoms with Crippen LogP contribution in [-0.2, 0) is 24.3 Å². The van der Waals surface area contributed by atoms with Crippen LogP contribution in [0.2, 0.25) is 0 Å². The first kappa shape index (κ1) is 24.7. The lowest BCUT2D eigenvalue weighted by atomic mass is 10.0. The highest BCUT2D eigenvalue weighted by Crippen LogP contribution is 2.64. The fourth-order valence-corrected chi connectivity index (χ4v) is 5.66. The molecule has 9 heteroatoms. The van der Waals surface area contributed by atoms with Gasteiger partial charge in [-0.3, -0.25) is 9.59 Å². The molecule has 2 N–H and O–H groups in total. The van der Waals surface area contributed by atoms with Gasteiger partial charge in [0.25, 0.3) is 10.0 Å². The largest absolute Gasteiger partial charge is 0.443 e. The number of rotatable bonds is 8. The zero-order valence-corrected chi connectivity index (χ0v) is 21.2. The molecule has 34 heavy (non-hydrogen) atoms. The molecule has 186 valence electrons. The number of hydrogen-bond acceptors (Lipinski definition) is 6. The molecule has 3 aliphatic rings. The Labute approximate surface area is 201 Å². The number of ether oxygens (including phenoxy) is 1. The Bertz CT molecular complexity index is 1100. The molecule has 3 atom stereocenters. The van der Waals surface area contributed by atoms with E-state index in [1.165, 1.54) is 12.1 Å². The SMILES string of the molecule is CC(C)(C)OC(=O)NS(=O)(=O)c1ccc([C@@H]2[C@@H](C(=O)NC(C(=O)C3CC3)C3CC3)C2(C)C)cc1. The fourth-order valence-electron chi connectivity index (χ4n) is 4.79. The van der Waals surface area contributed by atoms with Crippen LogP contribution < -0.4 is 10.0 Å². The summed E-state index contributed by atoms with van der Waals surface area (Å²) in [6, 6.07) is 5.83. The maximum absolute atomic E-state index is 13.1. The molecule has 3 fully saturated rings. The Morgan fingerprint density at radius 3 is 2.12 bits per heavy atom. The summed E-state index contributed by atoms with van der Waals surface area (Å²) in [5, 5.41) is 3.05. The van der Waals surface area contributed by atoms with Crippen molar-refractivity contribution in [1.82, 2.24) is 10.0 Å². The lowest BCUT2D eigenvalue weighted by Crippen LogP contribution is -2.44. The van der Waals surface area contributed by atoms with E-state index in [4.69, 9.17) is 4.74 Å². The van der Waals surface area contributed by atoms with Crippen LogP contribution in [0.4, 0.5) is 4.79 Å². The number of carbonyl (C=O) groups excluding carboxylic acids is 3. The van der Waals surface area contributed by atoms with Crippen LogP contribution in [0.5, 0.6) is 0 Å². The van der Waals surface area contributed by atoms with Gasteiger partial charge in [0.15, 0.2) is 5.78 Å². The molecule has 1 aromatic carbocycles. The summed E-state index contributed by atoms with van der Waals surface area (Å²) < 4.78 is 32.0. The van der Waals surface area contributed by atoms with Gasteiger partial charge in [-0.15, -0.1) is 0 Å². The molecule has 1 unspecified atom stereocenters. The zero-order valence-electron chi connectivity index (χ0n) is 20.4. The number of benzene rings is 1. The van der Waals surface area contributed by atoms with Gasteiger partial charge in [0.05, 0.1) is 16.9 Å². The number of hydrogen-bond donors (Lipinski definition) is 2. The molecule has 1 aromatic rings. The predicted molar refractivity (Wildman–Crippen MR) is 125 cm³/mol. The minimum atomic E-state index is -4.08. The summed E-state index contributed by atoms with van der Waals surface area (Å²) in [7, 11) is -4.08. The molecule has 0 bridgehead atoms. The average Bonchev–Trinajstić information content (AvgIpc) is 3.56. The fraction of sp³-hybridized carbons (Fsp3) is 0.640. The summed E-state index contributed by atoms with van der Waals surface area (Å²) in [4.78, 5) is 37.6. The van der Waals surface area contributed by atoms with Gasteiger partial charge in [0.1, 0.15) is 5.60 Å². The van der Waals surface area contributed by atoms with Crippen LogP contribution in [0.1, 0.15) is 71.8 Å². The normalized spacial score (nSPS) is 24.6. The maximum atomic E-state index is 13.1. The zero-order chi connectivity index (χ0) is 25.1. The van der Waals surface area contributed by atoms with Gasteiger partial charge < -0.3 is 10.1 Å². The molecule has 4 rings (SSSR count). The van der Waals surface area contributed by atoms with Crippen molar-refractivity contribution in [2.45, 2.75) is 82.8 Å². The molecule has 0 aliphatic heterocycles. The van der Waals surface area contributed by atoms with Crippen LogP contribution in [-0.4, -0.2) is 37.8 Å². The Morgan fingerprint density at radius 1 is 1.03 bits per heavy atom. The van der Waals surface area contributed by atoms with E-state index in [0.29, 0.717) is 0 Å². The van der Waals surface area contributed by atoms with Gasteiger partial charge in [-0.1, -0.05) is 26.0 Å². The predicted octanol–water partition coefficient (Wildman–Crippen LogP) is 3.51. The van der Waals surface area contributed by atoms with Gasteiger partial charge in [-0.25, -0.2) is 17.9 Å². The first-order chi connectivity index (χ1) is 15.7. The minimum absolute atomic E-state index is 0.0644. The van der Waals surface area contributed by atoms with E-state index < -0.39 is 21.7 Å². The van der Waals surface area contributed by atoms with Crippen molar-refractivity contribution >= 4 is 27.8 Å². The third-order valence-electron chi connectivity index (χ3n) is 6.95. The van der Waals surface area contributed by atoms with Crippen molar-refractivity contribution in [3.05, 3.63) is 29.8 Å². The smallest absolute Gasteiger partial charge is 0.421 e. The maximum Gasteiger partial charge on any atom is 0.421 e. The van der Waals surface area contributed by atoms with Crippen LogP contribution in [0.15, 0.2) is 29.2 Å². The van der Waals surface area contributed by atoms with Gasteiger partial charge in [0.2, 0.25) is 5.91 Å². The first-order valence-electron chi connectivity index (χ1n) is 11.9. The van der Waals surface area contributed by atoms with Gasteiger partial charge in [-0.05, 0) is 75.5 Å². The van der Waals surface area contributed by atoms with Crippen LogP contribution in [0, 0.1) is 23.2 Å². The monoisotopic (exact) mass is 490 g/mol. The molecule has 0 saturated heterocycles. The highest BCUT2D eigenvalue weighted by atomic mass is 32.2. The van der Waals surface area contributed by atoms with Crippen molar-refractivity contribution in [3.8, 4) is 0 Å². The van der Waals surface area contributed by atoms with E-state index in [-0.39, 0.29) is 51.7 Å². The second-order valence-corrected chi connectivity index (χ2v) is 13.1. The molecule has 3 aliphatic carbocycles. The highest BCUT2D eigenvalue weighted by molar-refractivity contribution is 7.90. The second kappa shape index (κ2) is 8.36. The number of amides is 2. The molecule has 8 nitrogen and oxygen atoms in total. The first-order valence-corrected chi connectivity index (χ1v) is 13.4. The molecule has 0 radical (unpaired) electrons. The second-order valence-electron chi connectivity index (χ2n) is 11.5. The quantitative estimate of drug-likeness (QED) is 0.576. The van der Waals surface area contributed by atoms with E-state index in [9.17, 15) is 22.8 Å². The van der Waals surface area contributed by atoms with Crippen molar-refractivity contribution in [3.63, 3.8) is 0 Å². The van der Waals surface area contributed by atoms with E-state index in [1.807, 2.05) is 18.6 Å². The van der Waals surface area contributed by atoms with Gasteiger partial charge >= 0.3 is 6.09 Å². The third kappa shape index (κ3) is 5.29. The average molecular weight is 491 g/mol. The number of nitrogens with one attached hydrogen (secondary N) is 2. The van der Waals surface area contributed by atoms with Gasteiger partial charge in [0, 0.05) is 11.8 Å². The number of sulfonamides is 1. The number of ketones is 1.